The van der Waals surface area contributed by atoms with E-state index < -0.39 is 11.3 Å². The second kappa shape index (κ2) is 5.91. The van der Waals surface area contributed by atoms with Crippen molar-refractivity contribution < 1.29 is 0 Å². The van der Waals surface area contributed by atoms with E-state index in [0.29, 0.717) is 10.6 Å². The van der Waals surface area contributed by atoms with Gasteiger partial charge in [0.2, 0.25) is 0 Å². The van der Waals surface area contributed by atoms with Gasteiger partial charge in [-0.2, -0.15) is 10.5 Å². The number of allylic oxidation sites excluding steroid dienone is 1. The van der Waals surface area contributed by atoms with E-state index in [2.05, 4.69) is 17.5 Å². The third-order valence-corrected chi connectivity index (χ3v) is 5.20. The Labute approximate surface area is 136 Å². The normalized spacial score (nSPS) is 23.5. The molecule has 0 bridgehead atoms. The van der Waals surface area contributed by atoms with Crippen LogP contribution in [0.5, 0.6) is 0 Å². The second-order valence-electron chi connectivity index (χ2n) is 6.00. The van der Waals surface area contributed by atoms with Gasteiger partial charge in [-0.25, -0.2) is 0 Å². The van der Waals surface area contributed by atoms with Crippen LogP contribution in [0.15, 0.2) is 35.9 Å². The van der Waals surface area contributed by atoms with E-state index in [9.17, 15) is 10.5 Å². The summed E-state index contributed by atoms with van der Waals surface area (Å²) in [5, 5.41) is 22.7. The first-order valence-corrected chi connectivity index (χ1v) is 8.04. The number of nitrogens with one attached hydrogen (secondary N) is 1. The van der Waals surface area contributed by atoms with Crippen LogP contribution in [0.3, 0.4) is 0 Å². The number of rotatable bonds is 1. The van der Waals surface area contributed by atoms with Gasteiger partial charge in [0, 0.05) is 5.41 Å². The maximum absolute atomic E-state index is 9.84. The first kappa shape index (κ1) is 14.8. The molecule has 4 heteroatoms. The standard InChI is InChI=1S/C18H17N3S/c19-11-14-16(13-7-3-1-4-8-13)21-17(22)15(12-20)18(14)9-5-2-6-10-18/h1,3-4,7-8,15H,2,5-6,9-10H2,(H,21,22). The lowest BCUT2D eigenvalue weighted by molar-refractivity contribution is 0.216. The maximum atomic E-state index is 9.84. The molecule has 1 aliphatic carbocycles. The van der Waals surface area contributed by atoms with Crippen LogP contribution in [-0.4, -0.2) is 4.99 Å². The van der Waals surface area contributed by atoms with Crippen molar-refractivity contribution in [2.24, 2.45) is 11.3 Å². The molecule has 1 fully saturated rings. The molecule has 1 aliphatic heterocycles. The highest BCUT2D eigenvalue weighted by molar-refractivity contribution is 7.80. The molecular weight excluding hydrogens is 290 g/mol. The third-order valence-electron chi connectivity index (χ3n) is 4.86. The molecule has 0 radical (unpaired) electrons. The SMILES string of the molecule is N#CC1=C(c2ccccc2)NC(=S)C(C#N)C12CCCCC2. The van der Waals surface area contributed by atoms with Gasteiger partial charge in [-0.05, 0) is 18.4 Å². The predicted octanol–water partition coefficient (Wildman–Crippen LogP) is 3.94. The number of nitriles is 2. The Balaban J connectivity index is 2.21. The summed E-state index contributed by atoms with van der Waals surface area (Å²) in [6.07, 6.45) is 5.00. The highest BCUT2D eigenvalue weighted by atomic mass is 32.1. The van der Waals surface area contributed by atoms with Gasteiger partial charge in [0.1, 0.15) is 5.92 Å². The van der Waals surface area contributed by atoms with Crippen LogP contribution in [0.4, 0.5) is 0 Å². The average molecular weight is 307 g/mol. The van der Waals surface area contributed by atoms with Crippen molar-refractivity contribution in [3.05, 3.63) is 41.5 Å². The molecule has 22 heavy (non-hydrogen) atoms. The van der Waals surface area contributed by atoms with Gasteiger partial charge in [-0.1, -0.05) is 61.8 Å². The Morgan fingerprint density at radius 3 is 2.36 bits per heavy atom. The van der Waals surface area contributed by atoms with Crippen molar-refractivity contribution in [2.75, 3.05) is 0 Å². The van der Waals surface area contributed by atoms with E-state index in [1.54, 1.807) is 0 Å². The van der Waals surface area contributed by atoms with Crippen LogP contribution in [0.1, 0.15) is 37.7 Å². The zero-order chi connectivity index (χ0) is 15.6. The fourth-order valence-electron chi connectivity index (χ4n) is 3.79. The van der Waals surface area contributed by atoms with Crippen molar-refractivity contribution in [1.29, 1.82) is 10.5 Å². The summed E-state index contributed by atoms with van der Waals surface area (Å²) in [6.45, 7) is 0. The summed E-state index contributed by atoms with van der Waals surface area (Å²) < 4.78 is 0. The molecule has 2 aliphatic rings. The van der Waals surface area contributed by atoms with Gasteiger partial charge < -0.3 is 5.32 Å². The average Bonchev–Trinajstić information content (AvgIpc) is 2.56. The molecule has 1 heterocycles. The lowest BCUT2D eigenvalue weighted by Crippen LogP contribution is -2.47. The molecule has 1 aromatic rings. The molecular formula is C18H17N3S. The Morgan fingerprint density at radius 1 is 1.09 bits per heavy atom. The van der Waals surface area contributed by atoms with Gasteiger partial charge >= 0.3 is 0 Å². The Bertz CT molecular complexity index is 700. The topological polar surface area (TPSA) is 59.6 Å². The molecule has 1 saturated carbocycles. The molecule has 3 nitrogen and oxygen atoms in total. The van der Waals surface area contributed by atoms with Crippen LogP contribution < -0.4 is 5.32 Å². The van der Waals surface area contributed by atoms with Gasteiger partial charge in [-0.3, -0.25) is 0 Å². The van der Waals surface area contributed by atoms with Crippen LogP contribution in [0.2, 0.25) is 0 Å². The highest BCUT2D eigenvalue weighted by Gasteiger charge is 2.49. The molecule has 1 N–H and O–H groups in total. The van der Waals surface area contributed by atoms with Crippen LogP contribution in [-0.2, 0) is 0 Å². The first-order chi connectivity index (χ1) is 10.7. The van der Waals surface area contributed by atoms with Crippen LogP contribution >= 0.6 is 12.2 Å². The van der Waals surface area contributed by atoms with Gasteiger partial charge in [0.25, 0.3) is 0 Å². The predicted molar refractivity (Wildman–Crippen MR) is 89.3 cm³/mol. The number of thiocarbonyl (C=S) groups is 1. The number of benzene rings is 1. The van der Waals surface area contributed by atoms with Gasteiger partial charge in [-0.15, -0.1) is 0 Å². The number of hydrogen-bond donors (Lipinski definition) is 1. The molecule has 0 saturated heterocycles. The first-order valence-electron chi connectivity index (χ1n) is 7.64. The van der Waals surface area contributed by atoms with Gasteiger partial charge in [0.05, 0.1) is 28.4 Å². The van der Waals surface area contributed by atoms with Crippen molar-refractivity contribution in [3.8, 4) is 12.1 Å². The quantitative estimate of drug-likeness (QED) is 0.798. The fourth-order valence-corrected chi connectivity index (χ4v) is 4.17. The summed E-state index contributed by atoms with van der Waals surface area (Å²) >= 11 is 5.48. The lowest BCUT2D eigenvalue weighted by Gasteiger charge is -2.44. The molecule has 0 aromatic heterocycles. The number of hydrogen-bond acceptors (Lipinski definition) is 3. The smallest absolute Gasteiger partial charge is 0.107 e. The largest absolute Gasteiger partial charge is 0.348 e. The van der Waals surface area contributed by atoms with Crippen molar-refractivity contribution >= 4 is 22.9 Å². The fraction of sp³-hybridized carbons (Fsp3) is 0.389. The van der Waals surface area contributed by atoms with Crippen molar-refractivity contribution in [3.63, 3.8) is 0 Å². The molecule has 1 atom stereocenters. The molecule has 110 valence electrons. The summed E-state index contributed by atoms with van der Waals surface area (Å²) in [4.78, 5) is 0.558. The van der Waals surface area contributed by atoms with Crippen molar-refractivity contribution in [1.82, 2.24) is 5.32 Å². The van der Waals surface area contributed by atoms with Gasteiger partial charge in [0.15, 0.2) is 0 Å². The Kier molecular flexibility index (Phi) is 3.96. The molecule has 3 rings (SSSR count). The lowest BCUT2D eigenvalue weighted by atomic mass is 9.60. The summed E-state index contributed by atoms with van der Waals surface area (Å²) in [6, 6.07) is 14.6. The molecule has 1 unspecified atom stereocenters. The van der Waals surface area contributed by atoms with E-state index >= 15 is 0 Å². The second-order valence-corrected chi connectivity index (χ2v) is 6.44. The van der Waals surface area contributed by atoms with E-state index in [1.807, 2.05) is 30.3 Å². The summed E-state index contributed by atoms with van der Waals surface area (Å²) in [5.74, 6) is -0.398. The minimum atomic E-state index is -0.407. The molecule has 1 aromatic carbocycles. The monoisotopic (exact) mass is 307 g/mol. The highest BCUT2D eigenvalue weighted by Crippen LogP contribution is 2.52. The summed E-state index contributed by atoms with van der Waals surface area (Å²) in [5.41, 5.74) is 2.05. The maximum Gasteiger partial charge on any atom is 0.107 e. The van der Waals surface area contributed by atoms with Crippen molar-refractivity contribution in [2.45, 2.75) is 32.1 Å². The third kappa shape index (κ3) is 2.21. The minimum absolute atomic E-state index is 0.398. The van der Waals surface area contributed by atoms with Crippen LogP contribution in [0, 0.1) is 34.0 Å². The zero-order valence-electron chi connectivity index (χ0n) is 12.3. The Morgan fingerprint density at radius 2 is 1.77 bits per heavy atom. The number of nitrogens with zero attached hydrogens (tertiary/aromatic N) is 2. The molecule has 0 amide bonds. The van der Waals surface area contributed by atoms with E-state index in [4.69, 9.17) is 12.2 Å². The zero-order valence-corrected chi connectivity index (χ0v) is 13.1. The minimum Gasteiger partial charge on any atom is -0.348 e. The Hall–Kier alpha value is -2.17. The van der Waals surface area contributed by atoms with E-state index in [-0.39, 0.29) is 0 Å². The van der Waals surface area contributed by atoms with E-state index in [1.165, 1.54) is 6.42 Å². The summed E-state index contributed by atoms with van der Waals surface area (Å²) in [7, 11) is 0. The van der Waals surface area contributed by atoms with Crippen LogP contribution in [0.25, 0.3) is 5.70 Å². The molecule has 1 spiro atoms. The van der Waals surface area contributed by atoms with E-state index in [0.717, 1.165) is 36.9 Å².